The summed E-state index contributed by atoms with van der Waals surface area (Å²) >= 11 is 0. The Morgan fingerprint density at radius 2 is 1.97 bits per heavy atom. The van der Waals surface area contributed by atoms with Crippen LogP contribution in [0.25, 0.3) is 11.2 Å². The van der Waals surface area contributed by atoms with Gasteiger partial charge in [-0.25, -0.2) is 23.4 Å². The van der Waals surface area contributed by atoms with Gasteiger partial charge in [-0.05, 0) is 25.8 Å². The summed E-state index contributed by atoms with van der Waals surface area (Å²) in [6, 6.07) is 1.06. The minimum absolute atomic E-state index is 0.0317. The minimum atomic E-state index is -4.49. The Morgan fingerprint density at radius 1 is 1.16 bits per heavy atom. The van der Waals surface area contributed by atoms with Gasteiger partial charge in [0, 0.05) is 24.7 Å². The van der Waals surface area contributed by atoms with Crippen molar-refractivity contribution >= 4 is 17.0 Å². The third-order valence-electron chi connectivity index (χ3n) is 5.44. The molecule has 7 nitrogen and oxygen atoms in total. The Labute approximate surface area is 180 Å². The van der Waals surface area contributed by atoms with Crippen LogP contribution in [0, 0.1) is 5.92 Å². The lowest BCUT2D eigenvalue weighted by Gasteiger charge is -2.38. The molecule has 0 unspecified atom stereocenters. The van der Waals surface area contributed by atoms with Gasteiger partial charge in [-0.2, -0.15) is 18.3 Å². The van der Waals surface area contributed by atoms with Gasteiger partial charge in [0.25, 0.3) is 6.43 Å². The van der Waals surface area contributed by atoms with Gasteiger partial charge in [-0.3, -0.25) is 4.98 Å². The first-order valence-electron chi connectivity index (χ1n) is 10.1. The first-order chi connectivity index (χ1) is 15.2. The van der Waals surface area contributed by atoms with E-state index in [9.17, 15) is 22.0 Å². The molecule has 0 bridgehead atoms. The molecule has 3 aromatic rings. The molecule has 3 aromatic heterocycles. The molecule has 0 amide bonds. The van der Waals surface area contributed by atoms with E-state index in [0.717, 1.165) is 29.8 Å². The molecule has 172 valence electrons. The number of hydrogen-bond donors (Lipinski definition) is 0. The van der Waals surface area contributed by atoms with Crippen molar-refractivity contribution in [2.75, 3.05) is 18.1 Å². The molecule has 0 aromatic carbocycles. The quantitative estimate of drug-likeness (QED) is 0.518. The number of piperidine rings is 1. The summed E-state index contributed by atoms with van der Waals surface area (Å²) in [6.45, 7) is 2.21. The van der Waals surface area contributed by atoms with Crippen molar-refractivity contribution in [3.8, 4) is 5.75 Å². The van der Waals surface area contributed by atoms with Crippen LogP contribution >= 0.6 is 0 Å². The summed E-state index contributed by atoms with van der Waals surface area (Å²) in [5.74, 6) is 0.623. The molecule has 1 aliphatic heterocycles. The van der Waals surface area contributed by atoms with E-state index in [-0.39, 0.29) is 30.0 Å². The van der Waals surface area contributed by atoms with E-state index in [4.69, 9.17) is 4.74 Å². The SMILES string of the molecule is C[C@@H]1CC[C@H](COc2cncc(C(F)(F)F)c2)CN1c1cnc2cnn(CC(F)F)c2n1. The maximum absolute atomic E-state index is 12.9. The fourth-order valence-corrected chi connectivity index (χ4v) is 3.75. The van der Waals surface area contributed by atoms with Crippen molar-refractivity contribution in [1.82, 2.24) is 24.7 Å². The maximum Gasteiger partial charge on any atom is 0.418 e. The van der Waals surface area contributed by atoms with Crippen LogP contribution in [0.3, 0.4) is 0 Å². The van der Waals surface area contributed by atoms with E-state index < -0.39 is 24.7 Å². The molecule has 2 atom stereocenters. The number of rotatable bonds is 6. The molecule has 1 fully saturated rings. The number of hydrogen-bond acceptors (Lipinski definition) is 6. The molecule has 4 rings (SSSR count). The molecular weight excluding hydrogens is 435 g/mol. The van der Waals surface area contributed by atoms with Gasteiger partial charge in [0.15, 0.2) is 5.65 Å². The van der Waals surface area contributed by atoms with Crippen molar-refractivity contribution < 1.29 is 26.7 Å². The monoisotopic (exact) mass is 456 g/mol. The lowest BCUT2D eigenvalue weighted by Crippen LogP contribution is -2.44. The molecule has 4 heterocycles. The summed E-state index contributed by atoms with van der Waals surface area (Å²) < 4.78 is 71.0. The first kappa shape index (κ1) is 22.2. The number of nitrogens with zero attached hydrogens (tertiary/aromatic N) is 6. The summed E-state index contributed by atoms with van der Waals surface area (Å²) in [7, 11) is 0. The van der Waals surface area contributed by atoms with Crippen LogP contribution in [0.5, 0.6) is 5.75 Å². The van der Waals surface area contributed by atoms with Crippen molar-refractivity contribution in [2.24, 2.45) is 5.92 Å². The van der Waals surface area contributed by atoms with E-state index >= 15 is 0 Å². The second-order valence-electron chi connectivity index (χ2n) is 7.82. The second-order valence-corrected chi connectivity index (χ2v) is 7.82. The number of anilines is 1. The molecule has 0 radical (unpaired) electrons. The highest BCUT2D eigenvalue weighted by Crippen LogP contribution is 2.31. The van der Waals surface area contributed by atoms with Crippen LogP contribution in [-0.4, -0.2) is 50.4 Å². The van der Waals surface area contributed by atoms with Gasteiger partial charge in [-0.15, -0.1) is 0 Å². The predicted octanol–water partition coefficient (Wildman–Crippen LogP) is 4.19. The highest BCUT2D eigenvalue weighted by atomic mass is 19.4. The number of aromatic nitrogens is 5. The molecule has 0 N–H and O–H groups in total. The predicted molar refractivity (Wildman–Crippen MR) is 106 cm³/mol. The minimum Gasteiger partial charge on any atom is -0.492 e. The van der Waals surface area contributed by atoms with Crippen LogP contribution in [0.4, 0.5) is 27.8 Å². The van der Waals surface area contributed by atoms with E-state index in [2.05, 4.69) is 20.1 Å². The normalized spacial score (nSPS) is 19.7. The van der Waals surface area contributed by atoms with Gasteiger partial charge in [-0.1, -0.05) is 0 Å². The van der Waals surface area contributed by atoms with Crippen LogP contribution in [0.15, 0.2) is 30.9 Å². The maximum atomic E-state index is 12.9. The Hall–Kier alpha value is -3.05. The molecule has 12 heteroatoms. The average Bonchev–Trinajstić information content (AvgIpc) is 3.14. The molecule has 1 aliphatic rings. The zero-order valence-corrected chi connectivity index (χ0v) is 17.1. The zero-order valence-electron chi connectivity index (χ0n) is 17.1. The third kappa shape index (κ3) is 4.89. The van der Waals surface area contributed by atoms with Gasteiger partial charge < -0.3 is 9.64 Å². The number of fused-ring (bicyclic) bond motifs is 1. The van der Waals surface area contributed by atoms with Crippen molar-refractivity contribution in [2.45, 2.75) is 45.0 Å². The van der Waals surface area contributed by atoms with Gasteiger partial charge in [0.2, 0.25) is 0 Å². The van der Waals surface area contributed by atoms with E-state index in [1.54, 1.807) is 6.20 Å². The van der Waals surface area contributed by atoms with Gasteiger partial charge >= 0.3 is 6.18 Å². The van der Waals surface area contributed by atoms with Crippen LogP contribution in [0.1, 0.15) is 25.3 Å². The van der Waals surface area contributed by atoms with Crippen molar-refractivity contribution in [3.63, 3.8) is 0 Å². The molecular formula is C20H21F5N6O. The molecule has 0 spiro atoms. The summed E-state index contributed by atoms with van der Waals surface area (Å²) in [4.78, 5) is 14.4. The lowest BCUT2D eigenvalue weighted by molar-refractivity contribution is -0.138. The summed E-state index contributed by atoms with van der Waals surface area (Å²) in [5.41, 5.74) is -0.155. The van der Waals surface area contributed by atoms with E-state index in [0.29, 0.717) is 17.9 Å². The Kier molecular flexibility index (Phi) is 6.11. The topological polar surface area (TPSA) is 69.0 Å². The standard InChI is InChI=1S/C20H21F5N6O/c1-12-2-3-13(11-32-15-4-14(5-26-6-15)20(23,24)25)9-30(12)18-8-27-16-7-28-31(10-17(21)22)19(16)29-18/h4-8,12-13,17H,2-3,9-11H2,1H3/t12-,13+/m1/s1. The number of pyridine rings is 1. The second kappa shape index (κ2) is 8.83. The van der Waals surface area contributed by atoms with E-state index in [1.165, 1.54) is 12.4 Å². The molecule has 1 saturated heterocycles. The summed E-state index contributed by atoms with van der Waals surface area (Å²) in [5, 5.41) is 3.93. The smallest absolute Gasteiger partial charge is 0.418 e. The fraction of sp³-hybridized carbons (Fsp3) is 0.500. The fourth-order valence-electron chi connectivity index (χ4n) is 3.75. The summed E-state index contributed by atoms with van der Waals surface area (Å²) in [6.07, 6.45) is -0.441. The highest BCUT2D eigenvalue weighted by molar-refractivity contribution is 5.71. The zero-order chi connectivity index (χ0) is 22.9. The number of ether oxygens (including phenoxy) is 1. The van der Waals surface area contributed by atoms with Crippen LogP contribution in [-0.2, 0) is 12.7 Å². The van der Waals surface area contributed by atoms with Crippen molar-refractivity contribution in [3.05, 3.63) is 36.4 Å². The Balaban J connectivity index is 1.47. The first-order valence-corrected chi connectivity index (χ1v) is 10.1. The van der Waals surface area contributed by atoms with Crippen LogP contribution in [0.2, 0.25) is 0 Å². The Bertz CT molecular complexity index is 1070. The molecule has 0 saturated carbocycles. The van der Waals surface area contributed by atoms with Crippen molar-refractivity contribution in [1.29, 1.82) is 0 Å². The van der Waals surface area contributed by atoms with Crippen LogP contribution < -0.4 is 9.64 Å². The van der Waals surface area contributed by atoms with Gasteiger partial charge in [0.05, 0.1) is 30.8 Å². The molecule has 32 heavy (non-hydrogen) atoms. The van der Waals surface area contributed by atoms with Gasteiger partial charge in [0.1, 0.15) is 23.6 Å². The largest absolute Gasteiger partial charge is 0.492 e. The number of halogens is 5. The average molecular weight is 456 g/mol. The molecule has 0 aliphatic carbocycles. The third-order valence-corrected chi connectivity index (χ3v) is 5.44. The number of alkyl halides is 5. The van der Waals surface area contributed by atoms with E-state index in [1.807, 2.05) is 11.8 Å². The lowest BCUT2D eigenvalue weighted by atomic mass is 9.94. The Morgan fingerprint density at radius 3 is 2.72 bits per heavy atom. The highest BCUT2D eigenvalue weighted by Gasteiger charge is 2.32.